The van der Waals surface area contributed by atoms with Gasteiger partial charge in [-0.25, -0.2) is 0 Å². The van der Waals surface area contributed by atoms with Crippen LogP contribution in [0.2, 0.25) is 0 Å². The van der Waals surface area contributed by atoms with E-state index in [1.165, 1.54) is 10.4 Å². The highest BCUT2D eigenvalue weighted by atomic mass is 32.1. The van der Waals surface area contributed by atoms with E-state index >= 15 is 0 Å². The minimum Gasteiger partial charge on any atom is -0.454 e. The van der Waals surface area contributed by atoms with Crippen LogP contribution >= 0.6 is 11.3 Å². The minimum absolute atomic E-state index is 0.0640. The largest absolute Gasteiger partial charge is 0.454 e. The Bertz CT molecular complexity index is 756. The molecule has 0 fully saturated rings. The van der Waals surface area contributed by atoms with Crippen LogP contribution in [0.25, 0.3) is 0 Å². The summed E-state index contributed by atoms with van der Waals surface area (Å²) >= 11 is 1.80. The lowest BCUT2D eigenvalue weighted by molar-refractivity contribution is 0.174. The van der Waals surface area contributed by atoms with Crippen molar-refractivity contribution < 1.29 is 9.47 Å². The van der Waals surface area contributed by atoms with E-state index in [0.717, 1.165) is 37.0 Å². The molecule has 0 amide bonds. The number of thiophene rings is 1. The van der Waals surface area contributed by atoms with Gasteiger partial charge in [-0.1, -0.05) is 26.0 Å². The van der Waals surface area contributed by atoms with Crippen LogP contribution in [0.5, 0.6) is 11.5 Å². The van der Waals surface area contributed by atoms with Gasteiger partial charge in [0, 0.05) is 37.5 Å². The van der Waals surface area contributed by atoms with Gasteiger partial charge in [-0.2, -0.15) is 0 Å². The monoisotopic (exact) mass is 373 g/mol. The first kappa shape index (κ1) is 18.6. The number of aliphatic imine (C=N–C) groups is 1. The van der Waals surface area contributed by atoms with E-state index in [1.807, 2.05) is 13.1 Å². The first-order chi connectivity index (χ1) is 12.5. The van der Waals surface area contributed by atoms with Crippen LogP contribution in [0.4, 0.5) is 0 Å². The summed E-state index contributed by atoms with van der Waals surface area (Å²) in [5.74, 6) is 2.56. The van der Waals surface area contributed by atoms with Crippen molar-refractivity contribution >= 4 is 17.3 Å². The Morgan fingerprint density at radius 3 is 2.81 bits per heavy atom. The number of benzene rings is 1. The molecule has 2 aromatic rings. The number of nitrogens with one attached hydrogen (secondary N) is 1. The third-order valence-electron chi connectivity index (χ3n) is 4.69. The number of fused-ring (bicyclic) bond motifs is 1. The van der Waals surface area contributed by atoms with Gasteiger partial charge >= 0.3 is 0 Å². The zero-order valence-corrected chi connectivity index (χ0v) is 16.7. The first-order valence-electron chi connectivity index (χ1n) is 8.84. The smallest absolute Gasteiger partial charge is 0.231 e. The average molecular weight is 374 g/mol. The summed E-state index contributed by atoms with van der Waals surface area (Å²) in [6.07, 6.45) is 1.03. The molecule has 1 aliphatic rings. The minimum atomic E-state index is -0.0640. The number of hydrogen-bond acceptors (Lipinski definition) is 4. The second-order valence-corrected chi connectivity index (χ2v) is 8.14. The van der Waals surface area contributed by atoms with E-state index in [2.05, 4.69) is 65.7 Å². The van der Waals surface area contributed by atoms with Crippen LogP contribution in [-0.4, -0.2) is 44.8 Å². The molecule has 0 radical (unpaired) electrons. The number of rotatable bonds is 6. The van der Waals surface area contributed by atoms with Crippen molar-refractivity contribution in [2.24, 2.45) is 4.99 Å². The summed E-state index contributed by atoms with van der Waals surface area (Å²) in [6, 6.07) is 10.4. The standard InChI is InChI=1S/C20H27N3O2S/c1-20(2,15-7-8-17-18(12-15)25-14-24-17)13-22-19(21-3)23(4)10-9-16-6-5-11-26-16/h5-8,11-12H,9-10,13-14H2,1-4H3,(H,21,22). The van der Waals surface area contributed by atoms with Gasteiger partial charge in [0.05, 0.1) is 0 Å². The maximum Gasteiger partial charge on any atom is 0.231 e. The number of nitrogens with zero attached hydrogens (tertiary/aromatic N) is 2. The van der Waals surface area contributed by atoms with Crippen LogP contribution < -0.4 is 14.8 Å². The maximum atomic E-state index is 5.51. The molecule has 0 atom stereocenters. The van der Waals surface area contributed by atoms with Gasteiger partial charge < -0.3 is 19.7 Å². The highest BCUT2D eigenvalue weighted by molar-refractivity contribution is 7.09. The second-order valence-electron chi connectivity index (χ2n) is 7.10. The molecule has 0 bridgehead atoms. The van der Waals surface area contributed by atoms with Gasteiger partial charge in [-0.3, -0.25) is 4.99 Å². The van der Waals surface area contributed by atoms with Crippen molar-refractivity contribution in [3.05, 3.63) is 46.2 Å². The fraction of sp³-hybridized carbons (Fsp3) is 0.450. The van der Waals surface area contributed by atoms with E-state index in [-0.39, 0.29) is 5.41 Å². The van der Waals surface area contributed by atoms with Crippen molar-refractivity contribution in [3.63, 3.8) is 0 Å². The molecule has 0 spiro atoms. The predicted octanol–water partition coefficient (Wildman–Crippen LogP) is 3.50. The Morgan fingerprint density at radius 2 is 2.08 bits per heavy atom. The van der Waals surface area contributed by atoms with E-state index < -0.39 is 0 Å². The molecule has 3 rings (SSSR count). The predicted molar refractivity (Wildman–Crippen MR) is 108 cm³/mol. The van der Waals surface area contributed by atoms with E-state index in [0.29, 0.717) is 6.79 Å². The molecule has 1 aliphatic heterocycles. The number of likely N-dealkylation sites (N-methyl/N-ethyl adjacent to an activating group) is 1. The topological polar surface area (TPSA) is 46.1 Å². The number of hydrogen-bond donors (Lipinski definition) is 1. The van der Waals surface area contributed by atoms with Crippen LogP contribution in [0.3, 0.4) is 0 Å². The van der Waals surface area contributed by atoms with Crippen molar-refractivity contribution in [3.8, 4) is 11.5 Å². The maximum absolute atomic E-state index is 5.51. The van der Waals surface area contributed by atoms with E-state index in [9.17, 15) is 0 Å². The summed E-state index contributed by atoms with van der Waals surface area (Å²) in [5, 5.41) is 5.63. The lowest BCUT2D eigenvalue weighted by Gasteiger charge is -2.29. The molecule has 0 saturated heterocycles. The molecular formula is C20H27N3O2S. The Balaban J connectivity index is 1.58. The number of ether oxygens (including phenoxy) is 2. The molecule has 1 aromatic heterocycles. The summed E-state index contributed by atoms with van der Waals surface area (Å²) < 4.78 is 10.9. The van der Waals surface area contributed by atoms with Crippen LogP contribution in [0.15, 0.2) is 40.7 Å². The Hall–Kier alpha value is -2.21. The lowest BCUT2D eigenvalue weighted by Crippen LogP contribution is -2.44. The Morgan fingerprint density at radius 1 is 1.27 bits per heavy atom. The molecule has 0 saturated carbocycles. The molecule has 0 aliphatic carbocycles. The zero-order valence-electron chi connectivity index (χ0n) is 15.9. The van der Waals surface area contributed by atoms with Crippen LogP contribution in [0.1, 0.15) is 24.3 Å². The fourth-order valence-electron chi connectivity index (χ4n) is 2.94. The summed E-state index contributed by atoms with van der Waals surface area (Å²) in [7, 11) is 3.91. The molecule has 26 heavy (non-hydrogen) atoms. The Labute approximate surface area is 159 Å². The molecule has 2 heterocycles. The van der Waals surface area contributed by atoms with Gasteiger partial charge in [-0.05, 0) is 35.6 Å². The van der Waals surface area contributed by atoms with E-state index in [4.69, 9.17) is 9.47 Å². The van der Waals surface area contributed by atoms with Crippen molar-refractivity contribution in [1.82, 2.24) is 10.2 Å². The van der Waals surface area contributed by atoms with Crippen molar-refractivity contribution in [2.45, 2.75) is 25.7 Å². The molecular weight excluding hydrogens is 346 g/mol. The number of guanidine groups is 1. The van der Waals surface area contributed by atoms with Crippen molar-refractivity contribution in [2.75, 3.05) is 34.0 Å². The quantitative estimate of drug-likeness (QED) is 0.622. The van der Waals surface area contributed by atoms with Gasteiger partial charge in [-0.15, -0.1) is 11.3 Å². The average Bonchev–Trinajstić information content (AvgIpc) is 3.31. The molecule has 0 unspecified atom stereocenters. The molecule has 1 aromatic carbocycles. The van der Waals surface area contributed by atoms with Gasteiger partial charge in [0.25, 0.3) is 0 Å². The molecule has 140 valence electrons. The molecule has 5 nitrogen and oxygen atoms in total. The summed E-state index contributed by atoms with van der Waals surface area (Å²) in [6.45, 7) is 6.46. The first-order valence-corrected chi connectivity index (χ1v) is 9.72. The lowest BCUT2D eigenvalue weighted by atomic mass is 9.84. The summed E-state index contributed by atoms with van der Waals surface area (Å²) in [5.41, 5.74) is 1.15. The third-order valence-corrected chi connectivity index (χ3v) is 5.63. The molecule has 6 heteroatoms. The van der Waals surface area contributed by atoms with Gasteiger partial charge in [0.1, 0.15) is 0 Å². The SMILES string of the molecule is CN=C(NCC(C)(C)c1ccc2c(c1)OCO2)N(C)CCc1cccs1. The summed E-state index contributed by atoms with van der Waals surface area (Å²) in [4.78, 5) is 8.00. The van der Waals surface area contributed by atoms with Crippen molar-refractivity contribution in [1.29, 1.82) is 0 Å². The van der Waals surface area contributed by atoms with Crippen LogP contribution in [0, 0.1) is 0 Å². The zero-order chi connectivity index (χ0) is 18.6. The fourth-order valence-corrected chi connectivity index (χ4v) is 3.64. The van der Waals surface area contributed by atoms with Crippen LogP contribution in [-0.2, 0) is 11.8 Å². The van der Waals surface area contributed by atoms with Gasteiger partial charge in [0.2, 0.25) is 6.79 Å². The van der Waals surface area contributed by atoms with E-state index in [1.54, 1.807) is 11.3 Å². The molecule has 1 N–H and O–H groups in total. The second kappa shape index (κ2) is 7.99. The third kappa shape index (κ3) is 4.30. The van der Waals surface area contributed by atoms with Gasteiger partial charge in [0.15, 0.2) is 17.5 Å². The highest BCUT2D eigenvalue weighted by Crippen LogP contribution is 2.36. The highest BCUT2D eigenvalue weighted by Gasteiger charge is 2.24. The Kier molecular flexibility index (Phi) is 5.71. The normalized spacial score (nSPS) is 13.8.